The van der Waals surface area contributed by atoms with Crippen molar-refractivity contribution in [3.8, 4) is 0 Å². The van der Waals surface area contributed by atoms with Crippen molar-refractivity contribution in [2.75, 3.05) is 0 Å². The zero-order chi connectivity index (χ0) is 11.6. The second kappa shape index (κ2) is 3.95. The minimum absolute atomic E-state index is 0.298. The SMILES string of the molecule is CC(C)=CC(=O)OC(F)(F)C(O)(F)F. The number of aliphatic hydroxyl groups is 1. The third-order valence-corrected chi connectivity index (χ3v) is 0.985. The maximum absolute atomic E-state index is 12.2. The van der Waals surface area contributed by atoms with E-state index in [0.717, 1.165) is 0 Å². The van der Waals surface area contributed by atoms with Crippen LogP contribution in [0.1, 0.15) is 13.8 Å². The fourth-order valence-electron chi connectivity index (χ4n) is 0.453. The van der Waals surface area contributed by atoms with Crippen LogP contribution in [0.2, 0.25) is 0 Å². The second-order valence-corrected chi connectivity index (χ2v) is 2.70. The standard InChI is InChI=1S/C7H8F4O3/c1-4(2)3-5(12)14-7(10,11)6(8,9)13/h3,13H,1-2H3. The maximum Gasteiger partial charge on any atom is 0.496 e. The van der Waals surface area contributed by atoms with Gasteiger partial charge in [0.05, 0.1) is 0 Å². The topological polar surface area (TPSA) is 46.5 Å². The molecular weight excluding hydrogens is 208 g/mol. The normalized spacial score (nSPS) is 12.2. The van der Waals surface area contributed by atoms with Crippen LogP contribution in [0.5, 0.6) is 0 Å². The van der Waals surface area contributed by atoms with Crippen LogP contribution in [0, 0.1) is 0 Å². The lowest BCUT2D eigenvalue weighted by molar-refractivity contribution is -0.403. The molecule has 0 aromatic rings. The highest BCUT2D eigenvalue weighted by atomic mass is 19.3. The summed E-state index contributed by atoms with van der Waals surface area (Å²) in [7, 11) is 0. The quantitative estimate of drug-likeness (QED) is 0.443. The Labute approximate surface area is 77.0 Å². The molecule has 0 radical (unpaired) electrons. The summed E-state index contributed by atoms with van der Waals surface area (Å²) >= 11 is 0. The zero-order valence-electron chi connectivity index (χ0n) is 7.35. The van der Waals surface area contributed by atoms with Crippen LogP contribution >= 0.6 is 0 Å². The molecule has 0 saturated carbocycles. The fourth-order valence-corrected chi connectivity index (χ4v) is 0.453. The number of rotatable bonds is 3. The molecule has 14 heavy (non-hydrogen) atoms. The van der Waals surface area contributed by atoms with Gasteiger partial charge in [-0.05, 0) is 13.8 Å². The number of allylic oxidation sites excluding steroid dienone is 1. The Balaban J connectivity index is 4.54. The van der Waals surface area contributed by atoms with Crippen molar-refractivity contribution < 1.29 is 32.2 Å². The Morgan fingerprint density at radius 1 is 1.29 bits per heavy atom. The minimum atomic E-state index is -5.39. The maximum atomic E-state index is 12.2. The van der Waals surface area contributed by atoms with E-state index in [9.17, 15) is 22.4 Å². The molecule has 0 heterocycles. The highest BCUT2D eigenvalue weighted by molar-refractivity contribution is 5.82. The summed E-state index contributed by atoms with van der Waals surface area (Å²) in [6.07, 6.45) is -10.0. The summed E-state index contributed by atoms with van der Waals surface area (Å²) in [5.41, 5.74) is 0.298. The summed E-state index contributed by atoms with van der Waals surface area (Å²) in [6.45, 7) is 2.77. The van der Waals surface area contributed by atoms with Gasteiger partial charge in [0.15, 0.2) is 0 Å². The Hall–Kier alpha value is -1.11. The molecule has 0 aromatic heterocycles. The van der Waals surface area contributed by atoms with Gasteiger partial charge >= 0.3 is 18.2 Å². The van der Waals surface area contributed by atoms with E-state index < -0.39 is 18.2 Å². The molecule has 0 unspecified atom stereocenters. The van der Waals surface area contributed by atoms with Gasteiger partial charge in [-0.15, -0.1) is 0 Å². The molecule has 0 saturated heterocycles. The molecule has 0 aliphatic carbocycles. The smallest absolute Gasteiger partial charge is 0.391 e. The predicted molar refractivity (Wildman–Crippen MR) is 37.6 cm³/mol. The summed E-state index contributed by atoms with van der Waals surface area (Å²) < 4.78 is 50.8. The molecule has 0 aromatic carbocycles. The molecule has 1 N–H and O–H groups in total. The highest BCUT2D eigenvalue weighted by Crippen LogP contribution is 2.32. The predicted octanol–water partition coefficient (Wildman–Crippen LogP) is 1.67. The van der Waals surface area contributed by atoms with Gasteiger partial charge < -0.3 is 9.84 Å². The third kappa shape index (κ3) is 3.73. The summed E-state index contributed by atoms with van der Waals surface area (Å²) in [5, 5.41) is 7.65. The summed E-state index contributed by atoms with van der Waals surface area (Å²) in [6, 6.07) is 0. The van der Waals surface area contributed by atoms with E-state index >= 15 is 0 Å². The Kier molecular flexibility index (Phi) is 3.64. The van der Waals surface area contributed by atoms with E-state index in [1.165, 1.54) is 13.8 Å². The van der Waals surface area contributed by atoms with Gasteiger partial charge in [-0.25, -0.2) is 4.79 Å². The molecular formula is C7H8F4O3. The molecule has 3 nitrogen and oxygen atoms in total. The van der Waals surface area contributed by atoms with Gasteiger partial charge in [0.2, 0.25) is 0 Å². The highest BCUT2D eigenvalue weighted by Gasteiger charge is 2.59. The molecule has 0 spiro atoms. The number of ether oxygens (including phenoxy) is 1. The minimum Gasteiger partial charge on any atom is -0.391 e. The lowest BCUT2D eigenvalue weighted by atomic mass is 10.3. The lowest BCUT2D eigenvalue weighted by Crippen LogP contribution is -2.43. The summed E-state index contributed by atoms with van der Waals surface area (Å²) in [4.78, 5) is 10.5. The van der Waals surface area contributed by atoms with Crippen molar-refractivity contribution in [3.05, 3.63) is 11.6 Å². The number of esters is 1. The number of hydrogen-bond donors (Lipinski definition) is 1. The van der Waals surface area contributed by atoms with Crippen molar-refractivity contribution >= 4 is 5.97 Å². The van der Waals surface area contributed by atoms with Crippen molar-refractivity contribution in [1.82, 2.24) is 0 Å². The molecule has 0 aliphatic rings. The zero-order valence-corrected chi connectivity index (χ0v) is 7.35. The van der Waals surface area contributed by atoms with Crippen LogP contribution in [0.3, 0.4) is 0 Å². The monoisotopic (exact) mass is 216 g/mol. The number of hydrogen-bond acceptors (Lipinski definition) is 3. The molecule has 0 aliphatic heterocycles. The molecule has 0 amide bonds. The first-order valence-corrected chi connectivity index (χ1v) is 3.42. The van der Waals surface area contributed by atoms with Crippen molar-refractivity contribution in [1.29, 1.82) is 0 Å². The summed E-state index contributed by atoms with van der Waals surface area (Å²) in [5.74, 6) is -1.65. The number of alkyl halides is 4. The number of carbonyl (C=O) groups is 1. The molecule has 0 fully saturated rings. The molecule has 7 heteroatoms. The van der Waals surface area contributed by atoms with Gasteiger partial charge in [-0.1, -0.05) is 5.57 Å². The van der Waals surface area contributed by atoms with Crippen molar-refractivity contribution in [2.45, 2.75) is 26.1 Å². The molecule has 0 atom stereocenters. The van der Waals surface area contributed by atoms with Gasteiger partial charge in [0, 0.05) is 6.08 Å². The van der Waals surface area contributed by atoms with Gasteiger partial charge in [0.1, 0.15) is 0 Å². The van der Waals surface area contributed by atoms with E-state index in [-0.39, 0.29) is 0 Å². The van der Waals surface area contributed by atoms with Crippen LogP contribution in [-0.4, -0.2) is 23.3 Å². The molecule has 0 rings (SSSR count). The average Bonchev–Trinajstić information content (AvgIpc) is 1.79. The van der Waals surface area contributed by atoms with Crippen LogP contribution in [0.4, 0.5) is 17.6 Å². The largest absolute Gasteiger partial charge is 0.496 e. The third-order valence-electron chi connectivity index (χ3n) is 0.985. The second-order valence-electron chi connectivity index (χ2n) is 2.70. The first-order valence-electron chi connectivity index (χ1n) is 3.42. The fraction of sp³-hybridized carbons (Fsp3) is 0.571. The Morgan fingerprint density at radius 3 is 2.00 bits per heavy atom. The van der Waals surface area contributed by atoms with Gasteiger partial charge in [0.25, 0.3) is 0 Å². The van der Waals surface area contributed by atoms with Gasteiger partial charge in [-0.2, -0.15) is 17.6 Å². The first-order chi connectivity index (χ1) is 6.06. The van der Waals surface area contributed by atoms with E-state index in [1.54, 1.807) is 0 Å². The van der Waals surface area contributed by atoms with Crippen molar-refractivity contribution in [2.24, 2.45) is 0 Å². The number of carbonyl (C=O) groups excluding carboxylic acids is 1. The van der Waals surface area contributed by atoms with Gasteiger partial charge in [-0.3, -0.25) is 0 Å². The molecule has 82 valence electrons. The van der Waals surface area contributed by atoms with Crippen molar-refractivity contribution in [3.63, 3.8) is 0 Å². The van der Waals surface area contributed by atoms with E-state index in [1.807, 2.05) is 0 Å². The van der Waals surface area contributed by atoms with Crippen LogP contribution in [0.15, 0.2) is 11.6 Å². The first kappa shape index (κ1) is 12.9. The van der Waals surface area contributed by atoms with E-state index in [0.29, 0.717) is 11.6 Å². The molecule has 0 bridgehead atoms. The van der Waals surface area contributed by atoms with E-state index in [2.05, 4.69) is 4.74 Å². The van der Waals surface area contributed by atoms with Crippen LogP contribution < -0.4 is 0 Å². The van der Waals surface area contributed by atoms with E-state index in [4.69, 9.17) is 5.11 Å². The lowest BCUT2D eigenvalue weighted by Gasteiger charge is -2.19. The number of halogens is 4. The Bertz CT molecular complexity index is 250. The van der Waals surface area contributed by atoms with Crippen LogP contribution in [-0.2, 0) is 9.53 Å². The van der Waals surface area contributed by atoms with Crippen LogP contribution in [0.25, 0.3) is 0 Å². The Morgan fingerprint density at radius 2 is 1.71 bits per heavy atom. The average molecular weight is 216 g/mol.